The van der Waals surface area contributed by atoms with Gasteiger partial charge in [0, 0.05) is 23.9 Å². The maximum Gasteiger partial charge on any atom is 0.0847 e. The van der Waals surface area contributed by atoms with Crippen LogP contribution in [0.4, 0.5) is 0 Å². The molecule has 0 aliphatic carbocycles. The fourth-order valence-corrected chi connectivity index (χ4v) is 2.02. The first kappa shape index (κ1) is 11.8. The van der Waals surface area contributed by atoms with Crippen LogP contribution in [0.2, 0.25) is 0 Å². The number of pyridine rings is 1. The summed E-state index contributed by atoms with van der Waals surface area (Å²) in [5.41, 5.74) is 4.18. The van der Waals surface area contributed by atoms with E-state index in [4.69, 9.17) is 0 Å². The van der Waals surface area contributed by atoms with Gasteiger partial charge in [-0.15, -0.1) is 0 Å². The Morgan fingerprint density at radius 2 is 2.00 bits per heavy atom. The summed E-state index contributed by atoms with van der Waals surface area (Å²) in [6, 6.07) is 12.0. The minimum Gasteiger partial charge on any atom is -0.388 e. The fourth-order valence-electron chi connectivity index (χ4n) is 2.02. The second-order valence-electron chi connectivity index (χ2n) is 4.39. The van der Waals surface area contributed by atoms with Crippen molar-refractivity contribution in [3.8, 4) is 0 Å². The molecular formula is C15H17NO. The van der Waals surface area contributed by atoms with Crippen molar-refractivity contribution in [3.63, 3.8) is 0 Å². The molecule has 0 amide bonds. The highest BCUT2D eigenvalue weighted by atomic mass is 16.3. The van der Waals surface area contributed by atoms with Crippen molar-refractivity contribution in [1.82, 2.24) is 4.98 Å². The quantitative estimate of drug-likeness (QED) is 0.874. The predicted octanol–water partition coefficient (Wildman–Crippen LogP) is 2.97. The zero-order valence-electron chi connectivity index (χ0n) is 10.2. The van der Waals surface area contributed by atoms with Gasteiger partial charge in [0.1, 0.15) is 0 Å². The molecule has 1 unspecified atom stereocenters. The van der Waals surface area contributed by atoms with Crippen molar-refractivity contribution in [3.05, 3.63) is 65.0 Å². The third kappa shape index (κ3) is 2.92. The van der Waals surface area contributed by atoms with Crippen LogP contribution in [0.1, 0.15) is 28.5 Å². The second-order valence-corrected chi connectivity index (χ2v) is 4.39. The first-order valence-corrected chi connectivity index (χ1v) is 5.82. The number of hydrogen-bond donors (Lipinski definition) is 1. The van der Waals surface area contributed by atoms with E-state index in [0.717, 1.165) is 16.8 Å². The van der Waals surface area contributed by atoms with Crippen molar-refractivity contribution in [1.29, 1.82) is 0 Å². The number of nitrogens with zero attached hydrogens (tertiary/aromatic N) is 1. The summed E-state index contributed by atoms with van der Waals surface area (Å²) in [5.74, 6) is 0. The predicted molar refractivity (Wildman–Crippen MR) is 68.8 cm³/mol. The van der Waals surface area contributed by atoms with Gasteiger partial charge < -0.3 is 5.11 Å². The van der Waals surface area contributed by atoms with Crippen LogP contribution in [0.5, 0.6) is 0 Å². The van der Waals surface area contributed by atoms with E-state index in [1.165, 1.54) is 5.56 Å². The topological polar surface area (TPSA) is 33.1 Å². The standard InChI is InChI=1S/C15H17NO/c1-11-5-3-6-13(9-11)10-15(17)14-7-4-8-16-12(14)2/h3-9,15,17H,10H2,1-2H3. The minimum atomic E-state index is -0.481. The number of aliphatic hydroxyl groups excluding tert-OH is 1. The number of rotatable bonds is 3. The summed E-state index contributed by atoms with van der Waals surface area (Å²) in [7, 11) is 0. The van der Waals surface area contributed by atoms with Gasteiger partial charge in [-0.3, -0.25) is 4.98 Å². The Morgan fingerprint density at radius 3 is 2.71 bits per heavy atom. The number of benzene rings is 1. The van der Waals surface area contributed by atoms with Crippen molar-refractivity contribution < 1.29 is 5.11 Å². The molecule has 2 heteroatoms. The Balaban J connectivity index is 2.17. The first-order valence-electron chi connectivity index (χ1n) is 5.82. The van der Waals surface area contributed by atoms with Gasteiger partial charge >= 0.3 is 0 Å². The number of aryl methyl sites for hydroxylation is 2. The van der Waals surface area contributed by atoms with Crippen LogP contribution < -0.4 is 0 Å². The molecule has 2 nitrogen and oxygen atoms in total. The molecule has 0 aliphatic rings. The molecule has 1 N–H and O–H groups in total. The Kier molecular flexibility index (Phi) is 3.55. The molecule has 0 saturated carbocycles. The molecule has 0 spiro atoms. The van der Waals surface area contributed by atoms with Gasteiger partial charge in [0.25, 0.3) is 0 Å². The molecule has 2 rings (SSSR count). The SMILES string of the molecule is Cc1cccc(CC(O)c2cccnc2C)c1. The van der Waals surface area contributed by atoms with Crippen LogP contribution in [0.3, 0.4) is 0 Å². The molecule has 88 valence electrons. The van der Waals surface area contributed by atoms with Crippen LogP contribution in [0, 0.1) is 13.8 Å². The zero-order valence-corrected chi connectivity index (χ0v) is 10.2. The van der Waals surface area contributed by atoms with Gasteiger partial charge in [0.15, 0.2) is 0 Å². The van der Waals surface area contributed by atoms with Crippen LogP contribution in [-0.2, 0) is 6.42 Å². The normalized spacial score (nSPS) is 12.4. The molecule has 0 radical (unpaired) electrons. The zero-order chi connectivity index (χ0) is 12.3. The van der Waals surface area contributed by atoms with Crippen molar-refractivity contribution in [2.75, 3.05) is 0 Å². The van der Waals surface area contributed by atoms with E-state index in [1.54, 1.807) is 6.20 Å². The summed E-state index contributed by atoms with van der Waals surface area (Å²) in [4.78, 5) is 4.20. The smallest absolute Gasteiger partial charge is 0.0847 e. The maximum atomic E-state index is 10.2. The van der Waals surface area contributed by atoms with Gasteiger partial charge in [-0.05, 0) is 25.5 Å². The summed E-state index contributed by atoms with van der Waals surface area (Å²) in [5, 5.41) is 10.2. The van der Waals surface area contributed by atoms with E-state index in [2.05, 4.69) is 24.0 Å². The lowest BCUT2D eigenvalue weighted by atomic mass is 9.99. The molecule has 0 aliphatic heterocycles. The van der Waals surface area contributed by atoms with E-state index >= 15 is 0 Å². The lowest BCUT2D eigenvalue weighted by Crippen LogP contribution is -2.04. The highest BCUT2D eigenvalue weighted by Crippen LogP contribution is 2.20. The summed E-state index contributed by atoms with van der Waals surface area (Å²) in [6.07, 6.45) is 1.90. The Morgan fingerprint density at radius 1 is 1.18 bits per heavy atom. The van der Waals surface area contributed by atoms with E-state index < -0.39 is 6.10 Å². The average Bonchev–Trinajstić information content (AvgIpc) is 2.29. The minimum absolute atomic E-state index is 0.481. The first-order chi connectivity index (χ1) is 8.16. The third-order valence-corrected chi connectivity index (χ3v) is 2.92. The van der Waals surface area contributed by atoms with Crippen LogP contribution in [0.15, 0.2) is 42.6 Å². The monoisotopic (exact) mass is 227 g/mol. The maximum absolute atomic E-state index is 10.2. The van der Waals surface area contributed by atoms with Crippen molar-refractivity contribution in [2.24, 2.45) is 0 Å². The molecule has 0 bridgehead atoms. The molecule has 1 aromatic carbocycles. The lowest BCUT2D eigenvalue weighted by molar-refractivity contribution is 0.177. The highest BCUT2D eigenvalue weighted by molar-refractivity contribution is 5.27. The van der Waals surface area contributed by atoms with Gasteiger partial charge in [0.2, 0.25) is 0 Å². The summed E-state index contributed by atoms with van der Waals surface area (Å²) < 4.78 is 0. The van der Waals surface area contributed by atoms with Crippen LogP contribution in [-0.4, -0.2) is 10.1 Å². The van der Waals surface area contributed by atoms with Crippen molar-refractivity contribution >= 4 is 0 Å². The summed E-state index contributed by atoms with van der Waals surface area (Å²) in [6.45, 7) is 3.99. The van der Waals surface area contributed by atoms with Crippen LogP contribution >= 0.6 is 0 Å². The molecule has 1 heterocycles. The van der Waals surface area contributed by atoms with Gasteiger partial charge in [-0.1, -0.05) is 35.9 Å². The molecule has 0 saturated heterocycles. The van der Waals surface area contributed by atoms with Gasteiger partial charge in [-0.25, -0.2) is 0 Å². The number of hydrogen-bond acceptors (Lipinski definition) is 2. The number of aliphatic hydroxyl groups is 1. The average molecular weight is 227 g/mol. The molecule has 0 fully saturated rings. The van der Waals surface area contributed by atoms with Crippen LogP contribution in [0.25, 0.3) is 0 Å². The van der Waals surface area contributed by atoms with E-state index in [-0.39, 0.29) is 0 Å². The van der Waals surface area contributed by atoms with E-state index in [9.17, 15) is 5.11 Å². The molecule has 1 atom stereocenters. The van der Waals surface area contributed by atoms with Gasteiger partial charge in [-0.2, -0.15) is 0 Å². The Hall–Kier alpha value is -1.67. The van der Waals surface area contributed by atoms with Gasteiger partial charge in [0.05, 0.1) is 6.10 Å². The fraction of sp³-hybridized carbons (Fsp3) is 0.267. The second kappa shape index (κ2) is 5.11. The largest absolute Gasteiger partial charge is 0.388 e. The summed E-state index contributed by atoms with van der Waals surface area (Å²) >= 11 is 0. The van der Waals surface area contributed by atoms with Crippen molar-refractivity contribution in [2.45, 2.75) is 26.4 Å². The Bertz CT molecular complexity index is 508. The molecule has 1 aromatic heterocycles. The third-order valence-electron chi connectivity index (χ3n) is 2.92. The number of aromatic nitrogens is 1. The Labute approximate surface area is 102 Å². The van der Waals surface area contributed by atoms with E-state index in [0.29, 0.717) is 6.42 Å². The highest BCUT2D eigenvalue weighted by Gasteiger charge is 2.11. The molecule has 17 heavy (non-hydrogen) atoms. The van der Waals surface area contributed by atoms with E-state index in [1.807, 2.05) is 31.2 Å². The molecule has 2 aromatic rings. The lowest BCUT2D eigenvalue weighted by Gasteiger charge is -2.13. The molecular weight excluding hydrogens is 210 g/mol.